The van der Waals surface area contributed by atoms with Crippen molar-refractivity contribution in [1.29, 1.82) is 0 Å². The quantitative estimate of drug-likeness (QED) is 0.596. The van der Waals surface area contributed by atoms with E-state index in [2.05, 4.69) is 41.5 Å². The van der Waals surface area contributed by atoms with Crippen molar-refractivity contribution in [2.45, 2.75) is 92.6 Å². The Kier molecular flexibility index (Phi) is 10.2. The van der Waals surface area contributed by atoms with E-state index in [0.29, 0.717) is 23.2 Å². The minimum absolute atomic E-state index is 0.462. The molecule has 1 aliphatic carbocycles. The predicted molar refractivity (Wildman–Crippen MR) is 87.0 cm³/mol. The molecule has 0 aromatic carbocycles. The van der Waals surface area contributed by atoms with Gasteiger partial charge in [0.2, 0.25) is 0 Å². The van der Waals surface area contributed by atoms with Gasteiger partial charge in [0.1, 0.15) is 5.78 Å². The van der Waals surface area contributed by atoms with Gasteiger partial charge in [0.15, 0.2) is 0 Å². The van der Waals surface area contributed by atoms with Crippen LogP contribution in [0.25, 0.3) is 0 Å². The Hall–Kier alpha value is -0.370. The molecule has 0 radical (unpaired) electrons. The van der Waals surface area contributed by atoms with Gasteiger partial charge in [-0.2, -0.15) is 0 Å². The molecule has 2 heteroatoms. The van der Waals surface area contributed by atoms with Gasteiger partial charge >= 0.3 is 0 Å². The molecule has 2 fully saturated rings. The molecule has 0 spiro atoms. The van der Waals surface area contributed by atoms with Crippen LogP contribution in [0.4, 0.5) is 0 Å². The Morgan fingerprint density at radius 2 is 1.60 bits per heavy atom. The minimum atomic E-state index is 0.462. The highest BCUT2D eigenvalue weighted by molar-refractivity contribution is 5.79. The average molecular weight is 284 g/mol. The maximum Gasteiger partial charge on any atom is 0.133 e. The third-order valence-corrected chi connectivity index (χ3v) is 3.14. The van der Waals surface area contributed by atoms with Crippen molar-refractivity contribution in [3.8, 4) is 0 Å². The molecule has 2 rings (SSSR count). The van der Waals surface area contributed by atoms with E-state index in [9.17, 15) is 4.79 Å². The van der Waals surface area contributed by atoms with E-state index in [4.69, 9.17) is 4.74 Å². The van der Waals surface area contributed by atoms with Gasteiger partial charge in [0.05, 0.1) is 6.10 Å². The maximum atomic E-state index is 10.7. The van der Waals surface area contributed by atoms with Gasteiger partial charge in [-0.1, -0.05) is 34.6 Å². The molecule has 2 nitrogen and oxygen atoms in total. The standard InChI is InChI=1S/C7H12O.C6H12O.C5H12/c1-6-3-2-4-7(8)5-6;1-6-4-2-3-5-7-6;1-5(2,3)4/h6H,2-5H2,1H3;6H,2-5H2,1H3;1-4H3. The first-order valence-electron chi connectivity index (χ1n) is 8.32. The van der Waals surface area contributed by atoms with Crippen molar-refractivity contribution < 1.29 is 9.53 Å². The van der Waals surface area contributed by atoms with Gasteiger partial charge in [-0.3, -0.25) is 4.79 Å². The van der Waals surface area contributed by atoms with Gasteiger partial charge in [-0.15, -0.1) is 0 Å². The first-order valence-corrected chi connectivity index (χ1v) is 8.32. The summed E-state index contributed by atoms with van der Waals surface area (Å²) in [6.45, 7) is 14.0. The highest BCUT2D eigenvalue weighted by atomic mass is 16.5. The van der Waals surface area contributed by atoms with Crippen LogP contribution in [0.5, 0.6) is 0 Å². The summed E-state index contributed by atoms with van der Waals surface area (Å²) in [7, 11) is 0. The normalized spacial score (nSPS) is 26.8. The summed E-state index contributed by atoms with van der Waals surface area (Å²) in [6.07, 6.45) is 8.48. The molecule has 0 bridgehead atoms. The lowest BCUT2D eigenvalue weighted by Gasteiger charge is -2.17. The summed E-state index contributed by atoms with van der Waals surface area (Å²) in [5.74, 6) is 1.12. The monoisotopic (exact) mass is 284 g/mol. The fourth-order valence-electron chi connectivity index (χ4n) is 2.14. The number of carbonyl (C=O) groups is 1. The maximum absolute atomic E-state index is 10.7. The molecule has 1 aliphatic heterocycles. The van der Waals surface area contributed by atoms with Crippen LogP contribution in [-0.2, 0) is 9.53 Å². The second-order valence-electron chi connectivity index (χ2n) is 7.92. The smallest absolute Gasteiger partial charge is 0.133 e. The average Bonchev–Trinajstić information content (AvgIpc) is 2.28. The zero-order chi connectivity index (χ0) is 15.6. The lowest BCUT2D eigenvalue weighted by Crippen LogP contribution is -2.14. The van der Waals surface area contributed by atoms with Crippen LogP contribution in [0.15, 0.2) is 0 Å². The minimum Gasteiger partial charge on any atom is -0.379 e. The molecule has 2 aliphatic rings. The summed E-state index contributed by atoms with van der Waals surface area (Å²) in [5, 5.41) is 0. The van der Waals surface area contributed by atoms with Crippen molar-refractivity contribution in [1.82, 2.24) is 0 Å². The van der Waals surface area contributed by atoms with Crippen molar-refractivity contribution in [3.63, 3.8) is 0 Å². The van der Waals surface area contributed by atoms with E-state index in [-0.39, 0.29) is 0 Å². The van der Waals surface area contributed by atoms with Crippen LogP contribution in [0.2, 0.25) is 0 Å². The first kappa shape index (κ1) is 19.6. The number of ketones is 1. The molecule has 2 atom stereocenters. The number of ether oxygens (including phenoxy) is 1. The molecule has 120 valence electrons. The fourth-order valence-corrected chi connectivity index (χ4v) is 2.14. The van der Waals surface area contributed by atoms with Crippen LogP contribution in [0.1, 0.15) is 86.5 Å². The molecule has 2 unspecified atom stereocenters. The summed E-state index contributed by atoms with van der Waals surface area (Å²) >= 11 is 0. The SMILES string of the molecule is CC(C)(C)C.CC1CCCC(=O)C1.CC1CCCCO1. The van der Waals surface area contributed by atoms with Crippen LogP contribution < -0.4 is 0 Å². The van der Waals surface area contributed by atoms with Crippen LogP contribution in [0.3, 0.4) is 0 Å². The molecule has 0 aromatic heterocycles. The van der Waals surface area contributed by atoms with Gasteiger partial charge in [0.25, 0.3) is 0 Å². The van der Waals surface area contributed by atoms with Crippen molar-refractivity contribution in [2.75, 3.05) is 6.61 Å². The summed E-state index contributed by atoms with van der Waals surface area (Å²) in [6, 6.07) is 0. The number of rotatable bonds is 0. The Labute approximate surface area is 126 Å². The van der Waals surface area contributed by atoms with Crippen LogP contribution in [-0.4, -0.2) is 18.5 Å². The Bertz CT molecular complexity index is 241. The summed E-state index contributed by atoms with van der Waals surface area (Å²) < 4.78 is 5.28. The van der Waals surface area contributed by atoms with E-state index in [1.807, 2.05) is 0 Å². The van der Waals surface area contributed by atoms with E-state index in [1.54, 1.807) is 0 Å². The number of hydrogen-bond acceptors (Lipinski definition) is 2. The first-order chi connectivity index (χ1) is 9.18. The molecule has 0 amide bonds. The number of carbonyl (C=O) groups excluding carboxylic acids is 1. The lowest BCUT2D eigenvalue weighted by molar-refractivity contribution is -0.121. The van der Waals surface area contributed by atoms with Crippen LogP contribution in [0, 0.1) is 11.3 Å². The van der Waals surface area contributed by atoms with Crippen molar-refractivity contribution in [3.05, 3.63) is 0 Å². The highest BCUT2D eigenvalue weighted by Crippen LogP contribution is 2.19. The van der Waals surface area contributed by atoms with E-state index >= 15 is 0 Å². The van der Waals surface area contributed by atoms with E-state index < -0.39 is 0 Å². The molecule has 1 saturated heterocycles. The summed E-state index contributed by atoms with van der Waals surface area (Å²) in [4.78, 5) is 10.7. The molecule has 20 heavy (non-hydrogen) atoms. The summed E-state index contributed by atoms with van der Waals surface area (Å²) in [5.41, 5.74) is 0.500. The zero-order valence-corrected chi connectivity index (χ0v) is 14.6. The Balaban J connectivity index is 0.000000280. The Morgan fingerprint density at radius 3 is 1.85 bits per heavy atom. The largest absolute Gasteiger partial charge is 0.379 e. The zero-order valence-electron chi connectivity index (χ0n) is 14.6. The fraction of sp³-hybridized carbons (Fsp3) is 0.944. The number of Topliss-reactive ketones (excluding diaryl/α,β-unsaturated/α-hetero) is 1. The predicted octanol–water partition coefficient (Wildman–Crippen LogP) is 5.39. The van der Waals surface area contributed by atoms with Crippen molar-refractivity contribution >= 4 is 5.78 Å². The second-order valence-corrected chi connectivity index (χ2v) is 7.92. The number of hydrogen-bond donors (Lipinski definition) is 0. The van der Waals surface area contributed by atoms with Gasteiger partial charge in [-0.05, 0) is 50.4 Å². The van der Waals surface area contributed by atoms with Gasteiger partial charge in [-0.25, -0.2) is 0 Å². The molecule has 0 aromatic rings. The van der Waals surface area contributed by atoms with E-state index in [0.717, 1.165) is 25.9 Å². The third-order valence-electron chi connectivity index (χ3n) is 3.14. The Morgan fingerprint density at radius 1 is 1.00 bits per heavy atom. The van der Waals surface area contributed by atoms with Crippen molar-refractivity contribution in [2.24, 2.45) is 11.3 Å². The van der Waals surface area contributed by atoms with Gasteiger partial charge in [0, 0.05) is 19.4 Å². The highest BCUT2D eigenvalue weighted by Gasteiger charge is 2.14. The molecule has 1 heterocycles. The van der Waals surface area contributed by atoms with Crippen LogP contribution >= 0.6 is 0 Å². The molecule has 0 N–H and O–H groups in total. The second kappa shape index (κ2) is 10.4. The lowest BCUT2D eigenvalue weighted by atomic mass is 9.90. The molecular formula is C18H36O2. The molecule has 1 saturated carbocycles. The third kappa shape index (κ3) is 15.7. The van der Waals surface area contributed by atoms with Gasteiger partial charge < -0.3 is 4.74 Å². The van der Waals surface area contributed by atoms with E-state index in [1.165, 1.54) is 25.7 Å². The topological polar surface area (TPSA) is 26.3 Å². The molecular weight excluding hydrogens is 248 g/mol.